The minimum absolute atomic E-state index is 0.0598. The molecule has 1 amide bonds. The van der Waals surface area contributed by atoms with Gasteiger partial charge in [0, 0.05) is 35.5 Å². The Morgan fingerprint density at radius 2 is 2.18 bits per heavy atom. The molecule has 3 aromatic rings. The summed E-state index contributed by atoms with van der Waals surface area (Å²) in [6.45, 7) is 3.36. The first kappa shape index (κ1) is 21.7. The molecule has 5 rings (SSSR count). The number of fused-ring (bicyclic) bond motifs is 2. The molecular weight excluding hydrogens is 443 g/mol. The third kappa shape index (κ3) is 3.78. The topological polar surface area (TPSA) is 144 Å². The highest BCUT2D eigenvalue weighted by Crippen LogP contribution is 2.39. The van der Waals surface area contributed by atoms with Crippen molar-refractivity contribution in [2.75, 3.05) is 42.7 Å². The number of aromatic nitrogens is 2. The third-order valence-corrected chi connectivity index (χ3v) is 5.92. The molecule has 0 radical (unpaired) electrons. The number of nitriles is 1. The number of rotatable bonds is 3. The Balaban J connectivity index is 1.47. The molecule has 1 fully saturated rings. The molecule has 174 valence electrons. The van der Waals surface area contributed by atoms with Crippen LogP contribution in [0.2, 0.25) is 0 Å². The Kier molecular flexibility index (Phi) is 5.51. The smallest absolute Gasteiger partial charge is 0.413 e. The summed E-state index contributed by atoms with van der Waals surface area (Å²) in [5.41, 5.74) is 8.38. The fourth-order valence-corrected chi connectivity index (χ4v) is 4.10. The van der Waals surface area contributed by atoms with Gasteiger partial charge in [-0.2, -0.15) is 5.26 Å². The second kappa shape index (κ2) is 8.64. The lowest BCUT2D eigenvalue weighted by molar-refractivity contribution is 0.0878. The van der Waals surface area contributed by atoms with Crippen molar-refractivity contribution < 1.29 is 23.4 Å². The molecular formula is C23H21FN6O4. The van der Waals surface area contributed by atoms with E-state index in [1.165, 1.54) is 6.20 Å². The van der Waals surface area contributed by atoms with Gasteiger partial charge in [0.05, 0.1) is 25.0 Å². The van der Waals surface area contributed by atoms with Crippen molar-refractivity contribution in [2.24, 2.45) is 5.92 Å². The van der Waals surface area contributed by atoms with Crippen LogP contribution in [0.5, 0.6) is 5.88 Å². The number of carbonyl (C=O) groups is 1. The highest BCUT2D eigenvalue weighted by molar-refractivity contribution is 5.99. The molecule has 2 aromatic heterocycles. The molecule has 0 saturated carbocycles. The Bertz CT molecular complexity index is 1340. The molecule has 1 aromatic carbocycles. The van der Waals surface area contributed by atoms with Gasteiger partial charge in [0.25, 0.3) is 0 Å². The molecule has 2 aliphatic heterocycles. The number of benzene rings is 1. The normalized spacial score (nSPS) is 19.0. The van der Waals surface area contributed by atoms with E-state index in [1.54, 1.807) is 18.3 Å². The lowest BCUT2D eigenvalue weighted by Crippen LogP contribution is -2.27. The molecule has 2 aliphatic rings. The van der Waals surface area contributed by atoms with Gasteiger partial charge in [-0.15, -0.1) is 0 Å². The third-order valence-electron chi connectivity index (χ3n) is 5.92. The summed E-state index contributed by atoms with van der Waals surface area (Å²) < 4.78 is 31.3. The summed E-state index contributed by atoms with van der Waals surface area (Å²) in [7, 11) is 0. The molecule has 2 unspecified atom stereocenters. The van der Waals surface area contributed by atoms with Crippen LogP contribution in [0.4, 0.5) is 26.4 Å². The molecule has 4 heterocycles. The Hall–Kier alpha value is -4.17. The molecule has 2 atom stereocenters. The first-order chi connectivity index (χ1) is 16.5. The Labute approximate surface area is 193 Å². The number of hydrogen-bond acceptors (Lipinski definition) is 9. The highest BCUT2D eigenvalue weighted by atomic mass is 19.1. The number of amides is 1. The molecule has 1 saturated heterocycles. The summed E-state index contributed by atoms with van der Waals surface area (Å²) in [4.78, 5) is 20.8. The van der Waals surface area contributed by atoms with Crippen molar-refractivity contribution >= 4 is 34.1 Å². The standard InChI is InChI=1S/C23H21FN6O4/c1-11-15(7-29-22-21(11)27-2-3-33-22)14-4-12-5-18(28-8-16(12)20(26)19(14)24)30-23(31)34-17-10-32-9-13(17)6-25/h4-5,7-8,13,17,27H,2-3,9-10,26H2,1H3,(H,28,30,31). The van der Waals surface area contributed by atoms with Gasteiger partial charge >= 0.3 is 6.09 Å². The maximum Gasteiger partial charge on any atom is 0.413 e. The Morgan fingerprint density at radius 1 is 1.32 bits per heavy atom. The average Bonchev–Trinajstić information content (AvgIpc) is 3.29. The molecule has 0 spiro atoms. The first-order valence-electron chi connectivity index (χ1n) is 10.7. The first-order valence-corrected chi connectivity index (χ1v) is 10.7. The molecule has 11 heteroatoms. The minimum atomic E-state index is -0.765. The van der Waals surface area contributed by atoms with Crippen LogP contribution in [0.1, 0.15) is 5.56 Å². The van der Waals surface area contributed by atoms with Crippen molar-refractivity contribution in [1.82, 2.24) is 9.97 Å². The van der Waals surface area contributed by atoms with Gasteiger partial charge in [0.15, 0.2) is 5.82 Å². The number of anilines is 3. The quantitative estimate of drug-likeness (QED) is 0.498. The van der Waals surface area contributed by atoms with Gasteiger partial charge in [-0.3, -0.25) is 5.32 Å². The van der Waals surface area contributed by atoms with Crippen LogP contribution in [0.15, 0.2) is 24.5 Å². The lowest BCUT2D eigenvalue weighted by atomic mass is 9.97. The van der Waals surface area contributed by atoms with Crippen LogP contribution in [-0.4, -0.2) is 48.5 Å². The van der Waals surface area contributed by atoms with Crippen LogP contribution >= 0.6 is 0 Å². The van der Waals surface area contributed by atoms with Crippen LogP contribution in [0, 0.1) is 30.0 Å². The summed E-state index contributed by atoms with van der Waals surface area (Å²) >= 11 is 0. The van der Waals surface area contributed by atoms with Crippen LogP contribution in [-0.2, 0) is 9.47 Å². The zero-order valence-corrected chi connectivity index (χ0v) is 18.2. The van der Waals surface area contributed by atoms with Crippen molar-refractivity contribution in [2.45, 2.75) is 13.0 Å². The van der Waals surface area contributed by atoms with E-state index in [0.29, 0.717) is 41.1 Å². The monoisotopic (exact) mass is 464 g/mol. The summed E-state index contributed by atoms with van der Waals surface area (Å²) in [5, 5.41) is 15.8. The second-order valence-electron chi connectivity index (χ2n) is 8.04. The number of pyridine rings is 2. The van der Waals surface area contributed by atoms with Gasteiger partial charge in [-0.05, 0) is 30.0 Å². The molecule has 0 aliphatic carbocycles. The maximum atomic E-state index is 15.3. The van der Waals surface area contributed by atoms with E-state index in [-0.39, 0.29) is 30.3 Å². The van der Waals surface area contributed by atoms with Gasteiger partial charge in [0.1, 0.15) is 30.1 Å². The largest absolute Gasteiger partial charge is 0.474 e. The number of nitrogens with two attached hydrogens (primary N) is 1. The zero-order chi connectivity index (χ0) is 23.8. The molecule has 10 nitrogen and oxygen atoms in total. The predicted molar refractivity (Wildman–Crippen MR) is 122 cm³/mol. The van der Waals surface area contributed by atoms with Crippen molar-refractivity contribution in [3.63, 3.8) is 0 Å². The van der Waals surface area contributed by atoms with Crippen molar-refractivity contribution in [1.29, 1.82) is 5.26 Å². The molecule has 34 heavy (non-hydrogen) atoms. The van der Waals surface area contributed by atoms with E-state index in [0.717, 1.165) is 5.56 Å². The van der Waals surface area contributed by atoms with Gasteiger partial charge in [-0.25, -0.2) is 19.2 Å². The number of ether oxygens (including phenoxy) is 3. The van der Waals surface area contributed by atoms with Crippen LogP contribution in [0.25, 0.3) is 21.9 Å². The lowest BCUT2D eigenvalue weighted by Gasteiger charge is -2.22. The van der Waals surface area contributed by atoms with Gasteiger partial charge in [0.2, 0.25) is 5.88 Å². The fourth-order valence-electron chi connectivity index (χ4n) is 4.10. The fraction of sp³-hybridized carbons (Fsp3) is 0.304. The number of carbonyl (C=O) groups excluding carboxylic acids is 1. The van der Waals surface area contributed by atoms with Crippen LogP contribution in [0.3, 0.4) is 0 Å². The van der Waals surface area contributed by atoms with Crippen molar-refractivity contribution in [3.05, 3.63) is 35.9 Å². The number of nitrogens with one attached hydrogen (secondary N) is 2. The predicted octanol–water partition coefficient (Wildman–Crippen LogP) is 3.22. The van der Waals surface area contributed by atoms with Gasteiger partial charge in [-0.1, -0.05) is 0 Å². The molecule has 0 bridgehead atoms. The van der Waals surface area contributed by atoms with E-state index in [2.05, 4.69) is 26.7 Å². The van der Waals surface area contributed by atoms with E-state index in [1.807, 2.05) is 6.92 Å². The Morgan fingerprint density at radius 3 is 3.00 bits per heavy atom. The summed E-state index contributed by atoms with van der Waals surface area (Å²) in [5.74, 6) is -0.437. The molecule has 4 N–H and O–H groups in total. The van der Waals surface area contributed by atoms with E-state index in [4.69, 9.17) is 25.2 Å². The second-order valence-corrected chi connectivity index (χ2v) is 8.04. The van der Waals surface area contributed by atoms with Crippen molar-refractivity contribution in [3.8, 4) is 23.1 Å². The van der Waals surface area contributed by atoms with E-state index < -0.39 is 23.9 Å². The SMILES string of the molecule is Cc1c(-c2cc3cc(NC(=O)OC4COCC4C#N)ncc3c(N)c2F)cnc2c1NCCO2. The minimum Gasteiger partial charge on any atom is -0.474 e. The van der Waals surface area contributed by atoms with E-state index >= 15 is 4.39 Å². The maximum absolute atomic E-state index is 15.3. The van der Waals surface area contributed by atoms with Gasteiger partial charge < -0.3 is 25.3 Å². The van der Waals surface area contributed by atoms with E-state index in [9.17, 15) is 4.79 Å². The summed E-state index contributed by atoms with van der Waals surface area (Å²) in [6, 6.07) is 5.26. The van der Waals surface area contributed by atoms with Crippen LogP contribution < -0.4 is 21.1 Å². The highest BCUT2D eigenvalue weighted by Gasteiger charge is 2.31. The average molecular weight is 464 g/mol. The number of nitrogens with zero attached hydrogens (tertiary/aromatic N) is 3. The summed E-state index contributed by atoms with van der Waals surface area (Å²) in [6.07, 6.45) is 1.52. The number of halogens is 1. The number of nitrogen functional groups attached to an aromatic ring is 1. The number of hydrogen-bond donors (Lipinski definition) is 3. The zero-order valence-electron chi connectivity index (χ0n) is 18.2.